The van der Waals surface area contributed by atoms with Gasteiger partial charge in [-0.15, -0.1) is 0 Å². The average molecular weight is 656 g/mol. The largest absolute Gasteiger partial charge is 0.310 e. The number of benzene rings is 7. The van der Waals surface area contributed by atoms with Crippen LogP contribution in [0.25, 0.3) is 33.0 Å². The molecule has 3 heteroatoms. The molecule has 0 amide bonds. The fraction of sp³-hybridized carbons (Fsp3) is 0.0625. The number of anilines is 6. The van der Waals surface area contributed by atoms with Gasteiger partial charge in [0.15, 0.2) is 0 Å². The molecule has 3 nitrogen and oxygen atoms in total. The van der Waals surface area contributed by atoms with Gasteiger partial charge in [0.05, 0.1) is 0 Å². The summed E-state index contributed by atoms with van der Waals surface area (Å²) in [5.74, 6) is 0.876. The number of aromatic nitrogens is 1. The summed E-state index contributed by atoms with van der Waals surface area (Å²) >= 11 is 0. The zero-order valence-electron chi connectivity index (χ0n) is 28.7. The molecule has 1 heterocycles. The SMILES string of the molecule is CC1(C)c2ccccc2-c2ccc(N(c3ccccc3)c3ccc(-c4ccc(N(c5ccccc5)c5ccc6ccccc6c5)cc4)cn3)cc21. The van der Waals surface area contributed by atoms with E-state index >= 15 is 0 Å². The highest BCUT2D eigenvalue weighted by Gasteiger charge is 2.35. The Morgan fingerprint density at radius 3 is 1.67 bits per heavy atom. The Morgan fingerprint density at radius 2 is 0.941 bits per heavy atom. The molecule has 0 atom stereocenters. The molecule has 0 N–H and O–H groups in total. The van der Waals surface area contributed by atoms with E-state index in [1.165, 1.54) is 33.0 Å². The fourth-order valence-corrected chi connectivity index (χ4v) is 7.65. The van der Waals surface area contributed by atoms with Gasteiger partial charge in [-0.25, -0.2) is 4.98 Å². The van der Waals surface area contributed by atoms with Crippen molar-refractivity contribution in [2.75, 3.05) is 9.80 Å². The molecular weight excluding hydrogens is 619 g/mol. The molecule has 0 bridgehead atoms. The normalized spacial score (nSPS) is 12.7. The van der Waals surface area contributed by atoms with Gasteiger partial charge < -0.3 is 4.90 Å². The Hall–Kier alpha value is -6.45. The lowest BCUT2D eigenvalue weighted by Gasteiger charge is -2.27. The molecule has 51 heavy (non-hydrogen) atoms. The standard InChI is InChI=1S/C48H37N3/c1-48(2)45-20-12-11-19-43(45)44-29-28-42(32-46(44)48)51(39-17-7-4-8-18-39)47-30-24-37(33-49-47)35-21-25-40(26-22-35)50(38-15-5-3-6-16-38)41-27-23-34-13-9-10-14-36(34)31-41/h3-33H,1-2H3. The van der Waals surface area contributed by atoms with Gasteiger partial charge in [0.2, 0.25) is 0 Å². The van der Waals surface area contributed by atoms with Crippen molar-refractivity contribution in [1.82, 2.24) is 4.98 Å². The maximum atomic E-state index is 5.07. The molecule has 9 rings (SSSR count). The molecule has 7 aromatic carbocycles. The van der Waals surface area contributed by atoms with Crippen LogP contribution in [-0.4, -0.2) is 4.98 Å². The number of para-hydroxylation sites is 2. The minimum Gasteiger partial charge on any atom is -0.310 e. The van der Waals surface area contributed by atoms with E-state index in [9.17, 15) is 0 Å². The van der Waals surface area contributed by atoms with Gasteiger partial charge in [0.1, 0.15) is 5.82 Å². The van der Waals surface area contributed by atoms with Crippen molar-refractivity contribution < 1.29 is 0 Å². The summed E-state index contributed by atoms with van der Waals surface area (Å²) in [6.07, 6.45) is 1.99. The number of hydrogen-bond donors (Lipinski definition) is 0. The second-order valence-corrected chi connectivity index (χ2v) is 13.7. The highest BCUT2D eigenvalue weighted by molar-refractivity contribution is 5.90. The summed E-state index contributed by atoms with van der Waals surface area (Å²) in [5.41, 5.74) is 13.0. The van der Waals surface area contributed by atoms with Crippen LogP contribution in [0.2, 0.25) is 0 Å². The molecule has 0 fully saturated rings. The van der Waals surface area contributed by atoms with E-state index in [0.29, 0.717) is 0 Å². The van der Waals surface area contributed by atoms with Crippen molar-refractivity contribution >= 4 is 45.0 Å². The summed E-state index contributed by atoms with van der Waals surface area (Å²) < 4.78 is 0. The van der Waals surface area contributed by atoms with E-state index in [4.69, 9.17) is 4.98 Å². The van der Waals surface area contributed by atoms with Crippen LogP contribution in [0.15, 0.2) is 188 Å². The Kier molecular flexibility index (Phi) is 7.48. The molecule has 0 radical (unpaired) electrons. The Labute approximate surface area is 299 Å². The highest BCUT2D eigenvalue weighted by Crippen LogP contribution is 2.50. The third-order valence-electron chi connectivity index (χ3n) is 10.3. The van der Waals surface area contributed by atoms with Gasteiger partial charge in [0.25, 0.3) is 0 Å². The number of fused-ring (bicyclic) bond motifs is 4. The summed E-state index contributed by atoms with van der Waals surface area (Å²) in [4.78, 5) is 9.64. The molecule has 1 aliphatic carbocycles. The second kappa shape index (κ2) is 12.5. The van der Waals surface area contributed by atoms with Gasteiger partial charge in [-0.05, 0) is 111 Å². The summed E-state index contributed by atoms with van der Waals surface area (Å²) in [6.45, 7) is 4.65. The maximum Gasteiger partial charge on any atom is 0.137 e. The lowest BCUT2D eigenvalue weighted by molar-refractivity contribution is 0.660. The van der Waals surface area contributed by atoms with E-state index in [0.717, 1.165) is 45.4 Å². The van der Waals surface area contributed by atoms with Crippen molar-refractivity contribution in [3.63, 3.8) is 0 Å². The van der Waals surface area contributed by atoms with E-state index < -0.39 is 0 Å². The molecule has 0 aliphatic heterocycles. The first kappa shape index (κ1) is 30.6. The van der Waals surface area contributed by atoms with Gasteiger partial charge >= 0.3 is 0 Å². The van der Waals surface area contributed by atoms with Crippen LogP contribution in [0.1, 0.15) is 25.0 Å². The lowest BCUT2D eigenvalue weighted by atomic mass is 9.82. The first-order valence-electron chi connectivity index (χ1n) is 17.5. The third kappa shape index (κ3) is 5.44. The van der Waals surface area contributed by atoms with Gasteiger partial charge in [-0.2, -0.15) is 0 Å². The van der Waals surface area contributed by atoms with Crippen LogP contribution in [0.4, 0.5) is 34.3 Å². The lowest BCUT2D eigenvalue weighted by Crippen LogP contribution is -2.17. The Morgan fingerprint density at radius 1 is 0.392 bits per heavy atom. The van der Waals surface area contributed by atoms with Crippen molar-refractivity contribution in [3.05, 3.63) is 199 Å². The van der Waals surface area contributed by atoms with Crippen LogP contribution < -0.4 is 9.80 Å². The van der Waals surface area contributed by atoms with Crippen molar-refractivity contribution in [2.45, 2.75) is 19.3 Å². The summed E-state index contributed by atoms with van der Waals surface area (Å²) in [5, 5.41) is 2.45. The highest BCUT2D eigenvalue weighted by atomic mass is 15.2. The molecule has 1 aliphatic rings. The number of rotatable bonds is 7. The van der Waals surface area contributed by atoms with E-state index in [2.05, 4.69) is 206 Å². The molecule has 1 aromatic heterocycles. The number of hydrogen-bond acceptors (Lipinski definition) is 3. The van der Waals surface area contributed by atoms with Crippen LogP contribution in [0.5, 0.6) is 0 Å². The van der Waals surface area contributed by atoms with Crippen LogP contribution in [0, 0.1) is 0 Å². The van der Waals surface area contributed by atoms with Crippen LogP contribution >= 0.6 is 0 Å². The molecule has 0 saturated carbocycles. The topological polar surface area (TPSA) is 19.4 Å². The summed E-state index contributed by atoms with van der Waals surface area (Å²) in [6, 6.07) is 65.0. The van der Waals surface area contributed by atoms with E-state index in [-0.39, 0.29) is 5.41 Å². The zero-order chi connectivity index (χ0) is 34.4. The van der Waals surface area contributed by atoms with Gasteiger partial charge in [0, 0.05) is 45.6 Å². The smallest absolute Gasteiger partial charge is 0.137 e. The zero-order valence-corrected chi connectivity index (χ0v) is 28.7. The van der Waals surface area contributed by atoms with Crippen molar-refractivity contribution in [2.24, 2.45) is 0 Å². The quantitative estimate of drug-likeness (QED) is 0.170. The molecular formula is C48H37N3. The first-order valence-corrected chi connectivity index (χ1v) is 17.5. The Balaban J connectivity index is 1.05. The second-order valence-electron chi connectivity index (χ2n) is 13.7. The predicted octanol–water partition coefficient (Wildman–Crippen LogP) is 13.1. The van der Waals surface area contributed by atoms with E-state index in [1.54, 1.807) is 0 Å². The monoisotopic (exact) mass is 655 g/mol. The van der Waals surface area contributed by atoms with Crippen molar-refractivity contribution in [3.8, 4) is 22.3 Å². The molecule has 0 saturated heterocycles. The number of nitrogens with zero attached hydrogens (tertiary/aromatic N) is 3. The third-order valence-corrected chi connectivity index (χ3v) is 10.3. The Bertz CT molecular complexity index is 2490. The average Bonchev–Trinajstić information content (AvgIpc) is 3.42. The maximum absolute atomic E-state index is 5.07. The molecule has 8 aromatic rings. The van der Waals surface area contributed by atoms with Crippen molar-refractivity contribution in [1.29, 1.82) is 0 Å². The minimum absolute atomic E-state index is 0.0852. The first-order chi connectivity index (χ1) is 25.0. The van der Waals surface area contributed by atoms with Gasteiger partial charge in [-0.3, -0.25) is 4.90 Å². The van der Waals surface area contributed by atoms with Crippen LogP contribution in [0.3, 0.4) is 0 Å². The molecule has 0 spiro atoms. The number of pyridine rings is 1. The predicted molar refractivity (Wildman–Crippen MR) is 214 cm³/mol. The minimum atomic E-state index is -0.0852. The fourth-order valence-electron chi connectivity index (χ4n) is 7.65. The van der Waals surface area contributed by atoms with E-state index in [1.807, 2.05) is 6.20 Å². The molecule has 244 valence electrons. The van der Waals surface area contributed by atoms with Crippen LogP contribution in [-0.2, 0) is 5.41 Å². The molecule has 0 unspecified atom stereocenters. The van der Waals surface area contributed by atoms with Gasteiger partial charge in [-0.1, -0.05) is 123 Å². The summed E-state index contributed by atoms with van der Waals surface area (Å²) in [7, 11) is 0.